The predicted octanol–water partition coefficient (Wildman–Crippen LogP) is 2.70. The Hall–Kier alpha value is -1.38. The summed E-state index contributed by atoms with van der Waals surface area (Å²) in [5, 5.41) is 8.84. The van der Waals surface area contributed by atoms with Crippen LogP contribution in [0.25, 0.3) is 0 Å². The first-order valence-corrected chi connectivity index (χ1v) is 5.53. The summed E-state index contributed by atoms with van der Waals surface area (Å²) < 4.78 is 12.1. The fourth-order valence-electron chi connectivity index (χ4n) is 2.14. The molecular weight excluding hydrogens is 207 g/mol. The lowest BCUT2D eigenvalue weighted by molar-refractivity contribution is -0.137. The summed E-state index contributed by atoms with van der Waals surface area (Å²) in [7, 11) is 0. The lowest BCUT2D eigenvalue weighted by Gasteiger charge is -2.13. The highest BCUT2D eigenvalue weighted by Crippen LogP contribution is 2.50. The molecule has 1 aromatic rings. The van der Waals surface area contributed by atoms with E-state index in [2.05, 4.69) is 0 Å². The Morgan fingerprint density at radius 2 is 1.94 bits per heavy atom. The van der Waals surface area contributed by atoms with Gasteiger partial charge in [-0.2, -0.15) is 0 Å². The van der Waals surface area contributed by atoms with Gasteiger partial charge in [0.15, 0.2) is 0 Å². The van der Waals surface area contributed by atoms with Crippen molar-refractivity contribution < 1.29 is 14.3 Å². The van der Waals surface area contributed by atoms with Gasteiger partial charge in [0.2, 0.25) is 0 Å². The Kier molecular flexibility index (Phi) is 2.95. The molecule has 0 saturated heterocycles. The molecule has 1 aromatic carbocycles. The average molecular weight is 222 g/mol. The molecule has 2 rings (SSSR count). The number of halogens is 1. The van der Waals surface area contributed by atoms with Gasteiger partial charge in [-0.3, -0.25) is 9.18 Å². The third kappa shape index (κ3) is 2.23. The largest absolute Gasteiger partial charge is 0.481 e. The quantitative estimate of drug-likeness (QED) is 0.831. The van der Waals surface area contributed by atoms with E-state index in [0.717, 1.165) is 24.0 Å². The van der Waals surface area contributed by atoms with Crippen molar-refractivity contribution in [3.63, 3.8) is 0 Å². The summed E-state index contributed by atoms with van der Waals surface area (Å²) in [6.07, 6.45) is 2.53. The molecule has 0 bridgehead atoms. The molecule has 1 N–H and O–H groups in total. The second-order valence-corrected chi connectivity index (χ2v) is 4.49. The molecule has 3 heteroatoms. The van der Waals surface area contributed by atoms with E-state index >= 15 is 0 Å². The molecule has 16 heavy (non-hydrogen) atoms. The molecule has 0 heterocycles. The van der Waals surface area contributed by atoms with Crippen molar-refractivity contribution in [2.45, 2.75) is 31.1 Å². The summed E-state index contributed by atoms with van der Waals surface area (Å²) >= 11 is 0. The first-order valence-electron chi connectivity index (χ1n) is 5.53. The van der Waals surface area contributed by atoms with Gasteiger partial charge in [0, 0.05) is 11.8 Å². The number of benzene rings is 1. The number of alkyl halides is 1. The highest BCUT2D eigenvalue weighted by atomic mass is 19.1. The van der Waals surface area contributed by atoms with Crippen molar-refractivity contribution in [2.24, 2.45) is 0 Å². The van der Waals surface area contributed by atoms with E-state index in [1.165, 1.54) is 0 Å². The van der Waals surface area contributed by atoms with E-state index in [0.29, 0.717) is 6.42 Å². The van der Waals surface area contributed by atoms with Crippen LogP contribution in [0.4, 0.5) is 4.39 Å². The zero-order chi connectivity index (χ0) is 11.6. The van der Waals surface area contributed by atoms with Crippen LogP contribution in [0, 0.1) is 0 Å². The standard InChI is InChI=1S/C13H15FO2/c14-8-5-10-1-3-11(4-2-10)13(6-7-13)9-12(15)16/h1-4H,5-9H2,(H,15,16). The van der Waals surface area contributed by atoms with Crippen LogP contribution in [0.15, 0.2) is 24.3 Å². The van der Waals surface area contributed by atoms with Gasteiger partial charge in [0.25, 0.3) is 0 Å². The van der Waals surface area contributed by atoms with Crippen LogP contribution in [0.3, 0.4) is 0 Å². The number of carbonyl (C=O) groups is 1. The Bertz CT molecular complexity index is 379. The minimum Gasteiger partial charge on any atom is -0.481 e. The van der Waals surface area contributed by atoms with Crippen molar-refractivity contribution in [3.05, 3.63) is 35.4 Å². The van der Waals surface area contributed by atoms with Crippen molar-refractivity contribution in [1.29, 1.82) is 0 Å². The molecule has 1 saturated carbocycles. The van der Waals surface area contributed by atoms with Gasteiger partial charge in [-0.25, -0.2) is 0 Å². The average Bonchev–Trinajstić information content (AvgIpc) is 2.99. The van der Waals surface area contributed by atoms with Crippen molar-refractivity contribution in [3.8, 4) is 0 Å². The third-order valence-electron chi connectivity index (χ3n) is 3.29. The maximum absolute atomic E-state index is 12.1. The van der Waals surface area contributed by atoms with Crippen LogP contribution in [0.5, 0.6) is 0 Å². The van der Waals surface area contributed by atoms with E-state index in [4.69, 9.17) is 5.11 Å². The third-order valence-corrected chi connectivity index (χ3v) is 3.29. The number of rotatable bonds is 5. The molecule has 0 aromatic heterocycles. The van der Waals surface area contributed by atoms with Gasteiger partial charge in [0.1, 0.15) is 0 Å². The van der Waals surface area contributed by atoms with E-state index in [-0.39, 0.29) is 18.5 Å². The molecule has 2 nitrogen and oxygen atoms in total. The Balaban J connectivity index is 2.12. The molecule has 1 fully saturated rings. The van der Waals surface area contributed by atoms with Gasteiger partial charge in [-0.15, -0.1) is 0 Å². The van der Waals surface area contributed by atoms with Crippen LogP contribution in [0.2, 0.25) is 0 Å². The fraction of sp³-hybridized carbons (Fsp3) is 0.462. The van der Waals surface area contributed by atoms with Crippen LogP contribution in [-0.2, 0) is 16.6 Å². The summed E-state index contributed by atoms with van der Waals surface area (Å²) in [4.78, 5) is 10.7. The highest BCUT2D eigenvalue weighted by Gasteiger charge is 2.45. The first kappa shape index (κ1) is 11.1. The van der Waals surface area contributed by atoms with E-state index in [1.807, 2.05) is 24.3 Å². The summed E-state index contributed by atoms with van der Waals surface area (Å²) in [6.45, 7) is -0.348. The van der Waals surface area contributed by atoms with Crippen LogP contribution in [-0.4, -0.2) is 17.8 Å². The number of hydrogen-bond acceptors (Lipinski definition) is 1. The molecule has 1 aliphatic carbocycles. The zero-order valence-corrected chi connectivity index (χ0v) is 9.08. The number of hydrogen-bond donors (Lipinski definition) is 1. The highest BCUT2D eigenvalue weighted by molar-refractivity contribution is 5.70. The number of carboxylic acids is 1. The minimum absolute atomic E-state index is 0.139. The molecule has 0 atom stereocenters. The summed E-state index contributed by atoms with van der Waals surface area (Å²) in [6, 6.07) is 7.69. The van der Waals surface area contributed by atoms with Crippen molar-refractivity contribution in [2.75, 3.05) is 6.67 Å². The number of aryl methyl sites for hydroxylation is 1. The summed E-state index contributed by atoms with van der Waals surface area (Å²) in [5.74, 6) is -0.745. The second-order valence-electron chi connectivity index (χ2n) is 4.49. The zero-order valence-electron chi connectivity index (χ0n) is 9.08. The first-order chi connectivity index (χ1) is 7.66. The van der Waals surface area contributed by atoms with Gasteiger partial charge in [-0.05, 0) is 24.0 Å². The normalized spacial score (nSPS) is 17.1. The monoisotopic (exact) mass is 222 g/mol. The molecule has 0 spiro atoms. The fourth-order valence-corrected chi connectivity index (χ4v) is 2.14. The second kappa shape index (κ2) is 4.24. The predicted molar refractivity (Wildman–Crippen MR) is 59.3 cm³/mol. The van der Waals surface area contributed by atoms with Crippen molar-refractivity contribution >= 4 is 5.97 Å². The van der Waals surface area contributed by atoms with Gasteiger partial charge < -0.3 is 5.11 Å². The maximum atomic E-state index is 12.1. The van der Waals surface area contributed by atoms with E-state index in [9.17, 15) is 9.18 Å². The summed E-state index contributed by atoms with van der Waals surface area (Å²) in [5.41, 5.74) is 1.91. The molecule has 0 amide bonds. The Labute approximate surface area is 94.1 Å². The van der Waals surface area contributed by atoms with E-state index in [1.54, 1.807) is 0 Å². The van der Waals surface area contributed by atoms with Crippen LogP contribution in [0.1, 0.15) is 30.4 Å². The van der Waals surface area contributed by atoms with E-state index < -0.39 is 5.97 Å². The van der Waals surface area contributed by atoms with Crippen LogP contribution >= 0.6 is 0 Å². The Morgan fingerprint density at radius 1 is 1.31 bits per heavy atom. The van der Waals surface area contributed by atoms with Crippen LogP contribution < -0.4 is 0 Å². The number of aliphatic carboxylic acids is 1. The van der Waals surface area contributed by atoms with Crippen molar-refractivity contribution in [1.82, 2.24) is 0 Å². The molecule has 0 aliphatic heterocycles. The molecular formula is C13H15FO2. The van der Waals surface area contributed by atoms with Gasteiger partial charge >= 0.3 is 5.97 Å². The Morgan fingerprint density at radius 3 is 2.38 bits per heavy atom. The molecule has 1 aliphatic rings. The lowest BCUT2D eigenvalue weighted by atomic mass is 9.91. The minimum atomic E-state index is -0.745. The molecule has 0 radical (unpaired) electrons. The van der Waals surface area contributed by atoms with Gasteiger partial charge in [0.05, 0.1) is 13.1 Å². The molecule has 0 unspecified atom stereocenters. The SMILES string of the molecule is O=C(O)CC1(c2ccc(CCF)cc2)CC1. The smallest absolute Gasteiger partial charge is 0.304 e. The van der Waals surface area contributed by atoms with Gasteiger partial charge in [-0.1, -0.05) is 24.3 Å². The topological polar surface area (TPSA) is 37.3 Å². The maximum Gasteiger partial charge on any atom is 0.304 e. The molecule has 86 valence electrons. The lowest BCUT2D eigenvalue weighted by Crippen LogP contribution is -2.12. The number of carboxylic acid groups (broad SMARTS) is 1.